The highest BCUT2D eigenvalue weighted by molar-refractivity contribution is 5.28. The summed E-state index contributed by atoms with van der Waals surface area (Å²) in [6.45, 7) is 1.77. The highest BCUT2D eigenvalue weighted by atomic mass is 16.5. The second kappa shape index (κ2) is 4.44. The third-order valence-corrected chi connectivity index (χ3v) is 2.35. The van der Waals surface area contributed by atoms with E-state index in [1.807, 2.05) is 18.2 Å². The summed E-state index contributed by atoms with van der Waals surface area (Å²) >= 11 is 0. The van der Waals surface area contributed by atoms with Crippen molar-refractivity contribution in [1.29, 1.82) is 0 Å². The van der Waals surface area contributed by atoms with Crippen molar-refractivity contribution in [2.24, 2.45) is 0 Å². The van der Waals surface area contributed by atoms with E-state index < -0.39 is 0 Å². The number of rotatable bonds is 3. The summed E-state index contributed by atoms with van der Waals surface area (Å²) < 4.78 is 10.6. The molecule has 1 N–H and O–H groups in total. The molecule has 1 unspecified atom stereocenters. The third-order valence-electron chi connectivity index (χ3n) is 2.35. The first-order valence-corrected chi connectivity index (χ1v) is 4.86. The van der Waals surface area contributed by atoms with Gasteiger partial charge in [0.05, 0.1) is 13.7 Å². The molecule has 0 aliphatic carbocycles. The van der Waals surface area contributed by atoms with Gasteiger partial charge in [-0.1, -0.05) is 12.1 Å². The first-order valence-electron chi connectivity index (χ1n) is 4.86. The maximum absolute atomic E-state index is 5.48. The van der Waals surface area contributed by atoms with Gasteiger partial charge in [-0.05, 0) is 17.7 Å². The molecule has 0 amide bonds. The summed E-state index contributed by atoms with van der Waals surface area (Å²) in [4.78, 5) is 0. The van der Waals surface area contributed by atoms with Crippen molar-refractivity contribution in [2.45, 2.75) is 12.6 Å². The van der Waals surface area contributed by atoms with E-state index in [1.54, 1.807) is 7.11 Å². The van der Waals surface area contributed by atoms with Gasteiger partial charge in [0.25, 0.3) is 0 Å². The smallest absolute Gasteiger partial charge is 0.119 e. The SMILES string of the molecule is COc1cccc(CC2NCCO2)c1. The predicted octanol–water partition coefficient (Wildman–Crippen LogP) is 1.18. The lowest BCUT2D eigenvalue weighted by Crippen LogP contribution is -2.24. The monoisotopic (exact) mass is 193 g/mol. The van der Waals surface area contributed by atoms with Gasteiger partial charge in [-0.15, -0.1) is 0 Å². The van der Waals surface area contributed by atoms with Crippen LogP contribution in [0.5, 0.6) is 5.75 Å². The van der Waals surface area contributed by atoms with Gasteiger partial charge in [-0.2, -0.15) is 0 Å². The molecule has 1 aliphatic rings. The zero-order valence-electron chi connectivity index (χ0n) is 8.32. The summed E-state index contributed by atoms with van der Waals surface area (Å²) in [6.07, 6.45) is 1.07. The number of benzene rings is 1. The Morgan fingerprint density at radius 1 is 1.57 bits per heavy atom. The predicted molar refractivity (Wildman–Crippen MR) is 54.4 cm³/mol. The maximum Gasteiger partial charge on any atom is 0.119 e. The van der Waals surface area contributed by atoms with E-state index in [2.05, 4.69) is 11.4 Å². The second-order valence-electron chi connectivity index (χ2n) is 3.37. The van der Waals surface area contributed by atoms with Crippen LogP contribution in [0, 0.1) is 0 Å². The van der Waals surface area contributed by atoms with E-state index in [0.717, 1.165) is 25.3 Å². The van der Waals surface area contributed by atoms with E-state index in [-0.39, 0.29) is 6.23 Å². The molecule has 1 saturated heterocycles. The molecule has 0 radical (unpaired) electrons. The average Bonchev–Trinajstić information content (AvgIpc) is 2.71. The molecule has 2 rings (SSSR count). The highest BCUT2D eigenvalue weighted by Crippen LogP contribution is 2.14. The van der Waals surface area contributed by atoms with Crippen LogP contribution in [-0.4, -0.2) is 26.5 Å². The third kappa shape index (κ3) is 2.25. The first kappa shape index (κ1) is 9.49. The summed E-state index contributed by atoms with van der Waals surface area (Å²) in [7, 11) is 1.68. The van der Waals surface area contributed by atoms with Crippen molar-refractivity contribution < 1.29 is 9.47 Å². The van der Waals surface area contributed by atoms with Crippen LogP contribution in [0.25, 0.3) is 0 Å². The summed E-state index contributed by atoms with van der Waals surface area (Å²) in [6, 6.07) is 8.09. The number of hydrogen-bond donors (Lipinski definition) is 1. The van der Waals surface area contributed by atoms with Crippen molar-refractivity contribution in [2.75, 3.05) is 20.3 Å². The van der Waals surface area contributed by atoms with Crippen molar-refractivity contribution in [1.82, 2.24) is 5.32 Å². The second-order valence-corrected chi connectivity index (χ2v) is 3.37. The van der Waals surface area contributed by atoms with E-state index in [0.29, 0.717) is 0 Å². The highest BCUT2D eigenvalue weighted by Gasteiger charge is 2.14. The van der Waals surface area contributed by atoms with Crippen LogP contribution in [0.1, 0.15) is 5.56 Å². The van der Waals surface area contributed by atoms with E-state index in [4.69, 9.17) is 9.47 Å². The van der Waals surface area contributed by atoms with Crippen molar-refractivity contribution in [3.8, 4) is 5.75 Å². The van der Waals surface area contributed by atoms with Crippen LogP contribution in [0.3, 0.4) is 0 Å². The van der Waals surface area contributed by atoms with E-state index in [1.165, 1.54) is 5.56 Å². The number of methoxy groups -OCH3 is 1. The van der Waals surface area contributed by atoms with Crippen molar-refractivity contribution >= 4 is 0 Å². The van der Waals surface area contributed by atoms with Gasteiger partial charge in [-0.25, -0.2) is 0 Å². The Bertz CT molecular complexity index is 295. The normalized spacial score (nSPS) is 21.1. The topological polar surface area (TPSA) is 30.5 Å². The lowest BCUT2D eigenvalue weighted by atomic mass is 10.1. The minimum Gasteiger partial charge on any atom is -0.497 e. The number of ether oxygens (including phenoxy) is 2. The molecule has 0 saturated carbocycles. The lowest BCUT2D eigenvalue weighted by molar-refractivity contribution is 0.102. The Morgan fingerprint density at radius 3 is 3.21 bits per heavy atom. The lowest BCUT2D eigenvalue weighted by Gasteiger charge is -2.10. The minimum absolute atomic E-state index is 0.169. The van der Waals surface area contributed by atoms with Gasteiger partial charge >= 0.3 is 0 Å². The Kier molecular flexibility index (Phi) is 3.01. The van der Waals surface area contributed by atoms with Crippen LogP contribution in [0.4, 0.5) is 0 Å². The van der Waals surface area contributed by atoms with Crippen LogP contribution in [-0.2, 0) is 11.2 Å². The molecule has 1 aromatic rings. The standard InChI is InChI=1S/C11H15NO2/c1-13-10-4-2-3-9(7-10)8-11-12-5-6-14-11/h2-4,7,11-12H,5-6,8H2,1H3. The molecule has 3 heteroatoms. The number of hydrogen-bond acceptors (Lipinski definition) is 3. The Balaban J connectivity index is 2.00. The quantitative estimate of drug-likeness (QED) is 0.782. The van der Waals surface area contributed by atoms with E-state index in [9.17, 15) is 0 Å². The van der Waals surface area contributed by atoms with Gasteiger partial charge in [0, 0.05) is 13.0 Å². The summed E-state index contributed by atoms with van der Waals surface area (Å²) in [5.41, 5.74) is 1.24. The summed E-state index contributed by atoms with van der Waals surface area (Å²) in [5, 5.41) is 3.28. The van der Waals surface area contributed by atoms with Crippen LogP contribution >= 0.6 is 0 Å². The molecule has 76 valence electrons. The van der Waals surface area contributed by atoms with Crippen LogP contribution in [0.15, 0.2) is 24.3 Å². The van der Waals surface area contributed by atoms with Gasteiger partial charge < -0.3 is 9.47 Å². The molecule has 1 heterocycles. The van der Waals surface area contributed by atoms with Crippen LogP contribution in [0.2, 0.25) is 0 Å². The molecule has 1 atom stereocenters. The molecule has 1 aliphatic heterocycles. The fourth-order valence-electron chi connectivity index (χ4n) is 1.62. The average molecular weight is 193 g/mol. The molecule has 0 spiro atoms. The molecular formula is C11H15NO2. The largest absolute Gasteiger partial charge is 0.497 e. The number of nitrogens with one attached hydrogen (secondary N) is 1. The zero-order valence-corrected chi connectivity index (χ0v) is 8.32. The molecular weight excluding hydrogens is 178 g/mol. The maximum atomic E-state index is 5.48. The Morgan fingerprint density at radius 2 is 2.50 bits per heavy atom. The molecule has 1 aromatic carbocycles. The summed E-state index contributed by atoms with van der Waals surface area (Å²) in [5.74, 6) is 0.903. The van der Waals surface area contributed by atoms with E-state index >= 15 is 0 Å². The van der Waals surface area contributed by atoms with Gasteiger partial charge in [0.2, 0.25) is 0 Å². The fraction of sp³-hybridized carbons (Fsp3) is 0.455. The van der Waals surface area contributed by atoms with Gasteiger partial charge in [0.1, 0.15) is 12.0 Å². The Hall–Kier alpha value is -1.06. The zero-order chi connectivity index (χ0) is 9.80. The molecule has 3 nitrogen and oxygen atoms in total. The molecule has 14 heavy (non-hydrogen) atoms. The molecule has 0 aromatic heterocycles. The molecule has 1 fully saturated rings. The fourth-order valence-corrected chi connectivity index (χ4v) is 1.62. The van der Waals surface area contributed by atoms with Crippen molar-refractivity contribution in [3.05, 3.63) is 29.8 Å². The van der Waals surface area contributed by atoms with Gasteiger partial charge in [-0.3, -0.25) is 5.32 Å². The Labute approximate surface area is 84.0 Å². The van der Waals surface area contributed by atoms with Crippen LogP contribution < -0.4 is 10.1 Å². The minimum atomic E-state index is 0.169. The van der Waals surface area contributed by atoms with Gasteiger partial charge in [0.15, 0.2) is 0 Å². The molecule has 0 bridgehead atoms. The van der Waals surface area contributed by atoms with Crippen molar-refractivity contribution in [3.63, 3.8) is 0 Å². The first-order chi connectivity index (χ1) is 6.88.